The zero-order valence-electron chi connectivity index (χ0n) is 8.42. The van der Waals surface area contributed by atoms with Crippen molar-refractivity contribution in [1.29, 1.82) is 0 Å². The maximum absolute atomic E-state index is 12.2. The Bertz CT molecular complexity index is 359. The Morgan fingerprint density at radius 2 is 2.12 bits per heavy atom. The standard InChI is InChI=1S/C10H11F3N2S/c1-7(4-14)6-16-9-3-2-8(5-15-9)10(11,12)13/h2-3,5H,1,4,6,14H2. The van der Waals surface area contributed by atoms with Gasteiger partial charge in [-0.05, 0) is 12.1 Å². The molecule has 0 radical (unpaired) electrons. The van der Waals surface area contributed by atoms with E-state index in [0.29, 0.717) is 17.3 Å². The van der Waals surface area contributed by atoms with Gasteiger partial charge in [-0.1, -0.05) is 12.2 Å². The van der Waals surface area contributed by atoms with Crippen LogP contribution in [0.5, 0.6) is 0 Å². The van der Waals surface area contributed by atoms with Crippen LogP contribution in [0.25, 0.3) is 0 Å². The highest BCUT2D eigenvalue weighted by Crippen LogP contribution is 2.29. The van der Waals surface area contributed by atoms with Crippen LogP contribution in [0.15, 0.2) is 35.5 Å². The number of halogens is 3. The summed E-state index contributed by atoms with van der Waals surface area (Å²) < 4.78 is 36.6. The van der Waals surface area contributed by atoms with Gasteiger partial charge in [0, 0.05) is 18.5 Å². The SMILES string of the molecule is C=C(CN)CSc1ccc(C(F)(F)F)cn1. The lowest BCUT2D eigenvalue weighted by atomic mass is 10.3. The quantitative estimate of drug-likeness (QED) is 0.657. The van der Waals surface area contributed by atoms with Gasteiger partial charge in [0.05, 0.1) is 10.6 Å². The molecule has 0 atom stereocenters. The molecule has 6 heteroatoms. The van der Waals surface area contributed by atoms with Crippen LogP contribution in [0, 0.1) is 0 Å². The minimum absolute atomic E-state index is 0.369. The van der Waals surface area contributed by atoms with Crippen molar-refractivity contribution < 1.29 is 13.2 Å². The molecular formula is C10H11F3N2S. The van der Waals surface area contributed by atoms with E-state index >= 15 is 0 Å². The van der Waals surface area contributed by atoms with E-state index in [-0.39, 0.29) is 0 Å². The Labute approximate surface area is 95.7 Å². The third kappa shape index (κ3) is 3.86. The third-order valence-electron chi connectivity index (χ3n) is 1.78. The molecular weight excluding hydrogens is 237 g/mol. The Morgan fingerprint density at radius 1 is 1.44 bits per heavy atom. The first-order valence-corrected chi connectivity index (χ1v) is 5.45. The average molecular weight is 248 g/mol. The van der Waals surface area contributed by atoms with E-state index in [9.17, 15) is 13.2 Å². The molecule has 0 spiro atoms. The second-order valence-corrected chi connectivity index (χ2v) is 4.12. The molecule has 0 saturated carbocycles. The van der Waals surface area contributed by atoms with Gasteiger partial charge in [0.1, 0.15) is 0 Å². The molecule has 16 heavy (non-hydrogen) atoms. The van der Waals surface area contributed by atoms with E-state index in [0.717, 1.165) is 17.8 Å². The van der Waals surface area contributed by atoms with Crippen molar-refractivity contribution in [3.8, 4) is 0 Å². The summed E-state index contributed by atoms with van der Waals surface area (Å²) in [5.74, 6) is 0.564. The molecule has 0 fully saturated rings. The lowest BCUT2D eigenvalue weighted by Crippen LogP contribution is -2.05. The molecule has 1 aromatic heterocycles. The number of nitrogens with zero attached hydrogens (tertiary/aromatic N) is 1. The molecule has 0 aliphatic carbocycles. The first-order valence-electron chi connectivity index (χ1n) is 4.46. The molecule has 0 amide bonds. The molecule has 0 bridgehead atoms. The van der Waals surface area contributed by atoms with Crippen molar-refractivity contribution in [3.63, 3.8) is 0 Å². The third-order valence-corrected chi connectivity index (χ3v) is 2.87. The van der Waals surface area contributed by atoms with Crippen LogP contribution in [-0.4, -0.2) is 17.3 Å². The van der Waals surface area contributed by atoms with E-state index in [4.69, 9.17) is 5.73 Å². The van der Waals surface area contributed by atoms with Crippen molar-refractivity contribution in [2.24, 2.45) is 5.73 Å². The molecule has 0 aliphatic heterocycles. The predicted molar refractivity (Wildman–Crippen MR) is 58.2 cm³/mol. The minimum Gasteiger partial charge on any atom is -0.327 e. The maximum Gasteiger partial charge on any atom is 0.417 e. The van der Waals surface area contributed by atoms with Crippen LogP contribution in [0.3, 0.4) is 0 Å². The van der Waals surface area contributed by atoms with E-state index in [1.54, 1.807) is 0 Å². The van der Waals surface area contributed by atoms with Gasteiger partial charge in [0.15, 0.2) is 0 Å². The Hall–Kier alpha value is -1.01. The van der Waals surface area contributed by atoms with Gasteiger partial charge in [0.2, 0.25) is 0 Å². The zero-order valence-corrected chi connectivity index (χ0v) is 9.24. The number of pyridine rings is 1. The van der Waals surface area contributed by atoms with Gasteiger partial charge < -0.3 is 5.73 Å². The Kier molecular flexibility index (Phi) is 4.37. The molecule has 0 saturated heterocycles. The fourth-order valence-electron chi connectivity index (χ4n) is 0.868. The molecule has 1 heterocycles. The molecule has 88 valence electrons. The average Bonchev–Trinajstić information content (AvgIpc) is 2.25. The molecule has 1 aromatic rings. The van der Waals surface area contributed by atoms with E-state index in [2.05, 4.69) is 11.6 Å². The summed E-state index contributed by atoms with van der Waals surface area (Å²) in [6, 6.07) is 2.36. The highest BCUT2D eigenvalue weighted by molar-refractivity contribution is 7.99. The van der Waals surface area contributed by atoms with Crippen molar-refractivity contribution in [1.82, 2.24) is 4.98 Å². The number of alkyl halides is 3. The fraction of sp³-hybridized carbons (Fsp3) is 0.300. The first-order chi connectivity index (χ1) is 7.43. The normalized spacial score (nSPS) is 11.5. The number of nitrogens with two attached hydrogens (primary N) is 1. The van der Waals surface area contributed by atoms with Crippen LogP contribution >= 0.6 is 11.8 Å². The fourth-order valence-corrected chi connectivity index (χ4v) is 1.63. The summed E-state index contributed by atoms with van der Waals surface area (Å²) in [5.41, 5.74) is 5.42. The van der Waals surface area contributed by atoms with Gasteiger partial charge in [-0.3, -0.25) is 0 Å². The molecule has 0 unspecified atom stereocenters. The number of aromatic nitrogens is 1. The number of rotatable bonds is 4. The molecule has 0 aliphatic rings. The van der Waals surface area contributed by atoms with E-state index in [1.807, 2.05) is 0 Å². The first kappa shape index (κ1) is 13.1. The largest absolute Gasteiger partial charge is 0.417 e. The smallest absolute Gasteiger partial charge is 0.327 e. The van der Waals surface area contributed by atoms with Crippen molar-refractivity contribution in [3.05, 3.63) is 36.0 Å². The number of thioether (sulfide) groups is 1. The van der Waals surface area contributed by atoms with Crippen LogP contribution in [0.2, 0.25) is 0 Å². The number of hydrogen-bond acceptors (Lipinski definition) is 3. The highest BCUT2D eigenvalue weighted by atomic mass is 32.2. The second kappa shape index (κ2) is 5.36. The summed E-state index contributed by atoms with van der Waals surface area (Å²) >= 11 is 1.31. The maximum atomic E-state index is 12.2. The van der Waals surface area contributed by atoms with Gasteiger partial charge in [-0.25, -0.2) is 4.98 Å². The predicted octanol–water partition coefficient (Wildman–Crippen LogP) is 2.71. The van der Waals surface area contributed by atoms with Gasteiger partial charge in [-0.2, -0.15) is 13.2 Å². The second-order valence-electron chi connectivity index (χ2n) is 3.13. The Balaban J connectivity index is 2.62. The van der Waals surface area contributed by atoms with Crippen LogP contribution in [-0.2, 0) is 6.18 Å². The summed E-state index contributed by atoms with van der Waals surface area (Å²) in [6.07, 6.45) is -3.51. The molecule has 2 nitrogen and oxygen atoms in total. The van der Waals surface area contributed by atoms with Crippen molar-refractivity contribution in [2.45, 2.75) is 11.2 Å². The Morgan fingerprint density at radius 3 is 2.56 bits per heavy atom. The molecule has 2 N–H and O–H groups in total. The van der Waals surface area contributed by atoms with Crippen LogP contribution < -0.4 is 5.73 Å². The summed E-state index contributed by atoms with van der Waals surface area (Å²) in [5, 5.41) is 0.530. The van der Waals surface area contributed by atoms with Crippen LogP contribution in [0.1, 0.15) is 5.56 Å². The summed E-state index contributed by atoms with van der Waals surface area (Å²) in [4.78, 5) is 3.71. The van der Waals surface area contributed by atoms with Gasteiger partial charge >= 0.3 is 6.18 Å². The zero-order chi connectivity index (χ0) is 12.2. The topological polar surface area (TPSA) is 38.9 Å². The van der Waals surface area contributed by atoms with Crippen molar-refractivity contribution >= 4 is 11.8 Å². The summed E-state index contributed by atoms with van der Waals surface area (Å²) in [6.45, 7) is 4.06. The molecule has 1 rings (SSSR count). The summed E-state index contributed by atoms with van der Waals surface area (Å²) in [7, 11) is 0. The van der Waals surface area contributed by atoms with Crippen molar-refractivity contribution in [2.75, 3.05) is 12.3 Å². The lowest BCUT2D eigenvalue weighted by molar-refractivity contribution is -0.137. The van der Waals surface area contributed by atoms with E-state index < -0.39 is 11.7 Å². The van der Waals surface area contributed by atoms with Crippen LogP contribution in [0.4, 0.5) is 13.2 Å². The highest BCUT2D eigenvalue weighted by Gasteiger charge is 2.30. The van der Waals surface area contributed by atoms with Gasteiger partial charge in [0.25, 0.3) is 0 Å². The minimum atomic E-state index is -4.34. The van der Waals surface area contributed by atoms with E-state index in [1.165, 1.54) is 17.8 Å². The molecule has 0 aromatic carbocycles. The van der Waals surface area contributed by atoms with Gasteiger partial charge in [-0.15, -0.1) is 11.8 Å². The number of hydrogen-bond donors (Lipinski definition) is 1. The monoisotopic (exact) mass is 248 g/mol. The lowest BCUT2D eigenvalue weighted by Gasteiger charge is -2.06.